The Bertz CT molecular complexity index is 906. The van der Waals surface area contributed by atoms with Gasteiger partial charge in [-0.15, -0.1) is 0 Å². The van der Waals surface area contributed by atoms with Gasteiger partial charge in [-0.05, 0) is 49.2 Å². The summed E-state index contributed by atoms with van der Waals surface area (Å²) in [5.41, 5.74) is 1.95. The van der Waals surface area contributed by atoms with Crippen LogP contribution in [0, 0.1) is 12.7 Å². The lowest BCUT2D eigenvalue weighted by molar-refractivity contribution is -0.128. The molecule has 1 amide bonds. The molecule has 0 aliphatic heterocycles. The molecule has 1 atom stereocenters. The number of aryl methyl sites for hydroxylation is 1. The zero-order valence-electron chi connectivity index (χ0n) is 15.4. The van der Waals surface area contributed by atoms with E-state index in [2.05, 4.69) is 10.3 Å². The third kappa shape index (κ3) is 4.53. The Morgan fingerprint density at radius 3 is 2.63 bits per heavy atom. The van der Waals surface area contributed by atoms with E-state index in [-0.39, 0.29) is 11.7 Å². The third-order valence-electron chi connectivity index (χ3n) is 4.29. The second-order valence-electron chi connectivity index (χ2n) is 6.16. The lowest BCUT2D eigenvalue weighted by Crippen LogP contribution is -2.37. The Morgan fingerprint density at radius 1 is 1.22 bits per heavy atom. The highest BCUT2D eigenvalue weighted by Gasteiger charge is 2.18. The maximum atomic E-state index is 13.0. The van der Waals surface area contributed by atoms with Crippen LogP contribution in [0.4, 0.5) is 4.39 Å². The summed E-state index contributed by atoms with van der Waals surface area (Å²) in [5, 5.41) is 2.93. The van der Waals surface area contributed by atoms with Crippen molar-refractivity contribution in [2.24, 2.45) is 0 Å². The number of carbonyl (C=O) groups excluding carboxylic acids is 1. The van der Waals surface area contributed by atoms with Gasteiger partial charge in [0.25, 0.3) is 5.91 Å². The van der Waals surface area contributed by atoms with Crippen LogP contribution in [0.15, 0.2) is 60.9 Å². The summed E-state index contributed by atoms with van der Waals surface area (Å²) in [5.74, 6) is 0.790. The molecule has 0 radical (unpaired) electrons. The van der Waals surface area contributed by atoms with Crippen LogP contribution >= 0.6 is 0 Å². The van der Waals surface area contributed by atoms with Crippen LogP contribution in [0.3, 0.4) is 0 Å². The Hall–Kier alpha value is -3.15. The number of nitrogens with one attached hydrogen (secondary N) is 1. The van der Waals surface area contributed by atoms with Crippen LogP contribution in [0.25, 0.3) is 5.69 Å². The fourth-order valence-electron chi connectivity index (χ4n) is 2.82. The quantitative estimate of drug-likeness (QED) is 0.691. The SMILES string of the molecule is CC[C@H](Oc1ccc(F)cc1)C(=O)NCc1ccccc1-n1ccnc1C. The number of hydrogen-bond acceptors (Lipinski definition) is 3. The van der Waals surface area contributed by atoms with E-state index in [9.17, 15) is 9.18 Å². The van der Waals surface area contributed by atoms with Gasteiger partial charge in [-0.2, -0.15) is 0 Å². The van der Waals surface area contributed by atoms with Crippen molar-refractivity contribution in [2.75, 3.05) is 0 Å². The van der Waals surface area contributed by atoms with Crippen molar-refractivity contribution < 1.29 is 13.9 Å². The first-order valence-corrected chi connectivity index (χ1v) is 8.86. The van der Waals surface area contributed by atoms with Crippen LogP contribution < -0.4 is 10.1 Å². The number of imidazole rings is 1. The molecule has 0 saturated carbocycles. The second kappa shape index (κ2) is 8.49. The van der Waals surface area contributed by atoms with Crippen molar-refractivity contribution in [2.45, 2.75) is 32.9 Å². The van der Waals surface area contributed by atoms with E-state index in [0.29, 0.717) is 18.7 Å². The van der Waals surface area contributed by atoms with Crippen molar-refractivity contribution in [1.29, 1.82) is 0 Å². The van der Waals surface area contributed by atoms with Gasteiger partial charge in [0.15, 0.2) is 6.10 Å². The monoisotopic (exact) mass is 367 g/mol. The van der Waals surface area contributed by atoms with Crippen molar-refractivity contribution in [3.63, 3.8) is 0 Å². The number of halogens is 1. The van der Waals surface area contributed by atoms with Gasteiger partial charge in [0.05, 0.1) is 5.69 Å². The van der Waals surface area contributed by atoms with E-state index in [0.717, 1.165) is 17.1 Å². The molecule has 2 aromatic carbocycles. The molecule has 0 spiro atoms. The Labute approximate surface area is 157 Å². The Morgan fingerprint density at radius 2 is 1.96 bits per heavy atom. The maximum absolute atomic E-state index is 13.0. The molecule has 3 rings (SSSR count). The van der Waals surface area contributed by atoms with Gasteiger partial charge in [0.1, 0.15) is 17.4 Å². The molecule has 0 bridgehead atoms. The number of hydrogen-bond donors (Lipinski definition) is 1. The molecular weight excluding hydrogens is 345 g/mol. The maximum Gasteiger partial charge on any atom is 0.261 e. The minimum absolute atomic E-state index is 0.209. The summed E-state index contributed by atoms with van der Waals surface area (Å²) in [4.78, 5) is 16.8. The van der Waals surface area contributed by atoms with Crippen LogP contribution in [0.1, 0.15) is 24.7 Å². The molecule has 6 heteroatoms. The lowest BCUT2D eigenvalue weighted by atomic mass is 10.1. The number of aromatic nitrogens is 2. The van der Waals surface area contributed by atoms with Gasteiger partial charge in [-0.25, -0.2) is 9.37 Å². The Kier molecular flexibility index (Phi) is 5.86. The summed E-state index contributed by atoms with van der Waals surface area (Å²) in [6.45, 7) is 4.17. The van der Waals surface area contributed by atoms with Gasteiger partial charge in [0.2, 0.25) is 0 Å². The molecule has 0 aliphatic carbocycles. The van der Waals surface area contributed by atoms with Crippen LogP contribution in [0.5, 0.6) is 5.75 Å². The number of para-hydroxylation sites is 1. The average Bonchev–Trinajstić information content (AvgIpc) is 3.11. The molecule has 0 saturated heterocycles. The molecule has 5 nitrogen and oxygen atoms in total. The molecule has 0 aliphatic rings. The Balaban J connectivity index is 1.68. The minimum Gasteiger partial charge on any atom is -0.481 e. The van der Waals surface area contributed by atoms with Crippen LogP contribution in [-0.4, -0.2) is 21.6 Å². The highest BCUT2D eigenvalue weighted by atomic mass is 19.1. The van der Waals surface area contributed by atoms with Crippen molar-refractivity contribution >= 4 is 5.91 Å². The topological polar surface area (TPSA) is 56.1 Å². The van der Waals surface area contributed by atoms with E-state index in [1.54, 1.807) is 6.20 Å². The summed E-state index contributed by atoms with van der Waals surface area (Å²) >= 11 is 0. The van der Waals surface area contributed by atoms with Crippen molar-refractivity contribution in [3.8, 4) is 11.4 Å². The zero-order chi connectivity index (χ0) is 19.2. The van der Waals surface area contributed by atoms with Crippen molar-refractivity contribution in [1.82, 2.24) is 14.9 Å². The molecule has 1 aromatic heterocycles. The molecule has 27 heavy (non-hydrogen) atoms. The molecule has 1 N–H and O–H groups in total. The number of ether oxygens (including phenoxy) is 1. The smallest absolute Gasteiger partial charge is 0.261 e. The minimum atomic E-state index is -0.641. The highest BCUT2D eigenvalue weighted by molar-refractivity contribution is 5.81. The summed E-state index contributed by atoms with van der Waals surface area (Å²) in [7, 11) is 0. The van der Waals surface area contributed by atoms with E-state index in [1.165, 1.54) is 24.3 Å². The van der Waals surface area contributed by atoms with Gasteiger partial charge in [0, 0.05) is 18.9 Å². The fraction of sp³-hybridized carbons (Fsp3) is 0.238. The number of carbonyl (C=O) groups is 1. The molecule has 140 valence electrons. The number of rotatable bonds is 7. The number of nitrogens with zero attached hydrogens (tertiary/aromatic N) is 2. The molecule has 3 aromatic rings. The normalized spacial score (nSPS) is 11.8. The lowest BCUT2D eigenvalue weighted by Gasteiger charge is -2.18. The van der Waals surface area contributed by atoms with Gasteiger partial charge < -0.3 is 14.6 Å². The first-order chi connectivity index (χ1) is 13.1. The predicted molar refractivity (Wildman–Crippen MR) is 101 cm³/mol. The molecule has 0 unspecified atom stereocenters. The predicted octanol–water partition coefficient (Wildman–Crippen LogP) is 3.79. The van der Waals surface area contributed by atoms with Crippen LogP contribution in [-0.2, 0) is 11.3 Å². The standard InChI is InChI=1S/C21H22FN3O2/c1-3-20(27-18-10-8-17(22)9-11-18)21(26)24-14-16-6-4-5-7-19(16)25-13-12-23-15(25)2/h4-13,20H,3,14H2,1-2H3,(H,24,26)/t20-/m0/s1. The van der Waals surface area contributed by atoms with Gasteiger partial charge in [-0.1, -0.05) is 25.1 Å². The van der Waals surface area contributed by atoms with Gasteiger partial charge >= 0.3 is 0 Å². The van der Waals surface area contributed by atoms with E-state index < -0.39 is 6.10 Å². The first kappa shape index (κ1) is 18.6. The van der Waals surface area contributed by atoms with Crippen LogP contribution in [0.2, 0.25) is 0 Å². The van der Waals surface area contributed by atoms with E-state index in [4.69, 9.17) is 4.74 Å². The number of amides is 1. The second-order valence-corrected chi connectivity index (χ2v) is 6.16. The van der Waals surface area contributed by atoms with Crippen molar-refractivity contribution in [3.05, 3.63) is 78.1 Å². The highest BCUT2D eigenvalue weighted by Crippen LogP contribution is 2.17. The third-order valence-corrected chi connectivity index (χ3v) is 4.29. The average molecular weight is 367 g/mol. The fourth-order valence-corrected chi connectivity index (χ4v) is 2.82. The van der Waals surface area contributed by atoms with E-state index in [1.807, 2.05) is 48.9 Å². The summed E-state index contributed by atoms with van der Waals surface area (Å²) in [6, 6.07) is 13.5. The summed E-state index contributed by atoms with van der Waals surface area (Å²) in [6.07, 6.45) is 3.50. The number of benzene rings is 2. The molecule has 1 heterocycles. The molecular formula is C21H22FN3O2. The zero-order valence-corrected chi connectivity index (χ0v) is 15.4. The largest absolute Gasteiger partial charge is 0.481 e. The van der Waals surface area contributed by atoms with Gasteiger partial charge in [-0.3, -0.25) is 4.79 Å². The molecule has 0 fully saturated rings. The first-order valence-electron chi connectivity index (χ1n) is 8.86. The van der Waals surface area contributed by atoms with E-state index >= 15 is 0 Å². The summed E-state index contributed by atoms with van der Waals surface area (Å²) < 4.78 is 20.7.